The summed E-state index contributed by atoms with van der Waals surface area (Å²) in [5.41, 5.74) is 7.50. The number of benzene rings is 3. The Labute approximate surface area is 222 Å². The van der Waals surface area contributed by atoms with Crippen molar-refractivity contribution in [3.63, 3.8) is 0 Å². The summed E-state index contributed by atoms with van der Waals surface area (Å²) in [5, 5.41) is 4.02. The van der Waals surface area contributed by atoms with Crippen LogP contribution >= 0.6 is 11.8 Å². The van der Waals surface area contributed by atoms with E-state index in [1.807, 2.05) is 54.7 Å². The second kappa shape index (κ2) is 11.4. The predicted octanol–water partition coefficient (Wildman–Crippen LogP) is 6.61. The van der Waals surface area contributed by atoms with Crippen molar-refractivity contribution >= 4 is 28.7 Å². The minimum Gasteiger partial charge on any atom is -0.351 e. The maximum Gasteiger partial charge on any atom is 0.251 e. The molecule has 1 amide bonds. The minimum absolute atomic E-state index is 0.0468. The van der Waals surface area contributed by atoms with Crippen LogP contribution in [0.3, 0.4) is 0 Å². The van der Waals surface area contributed by atoms with Gasteiger partial charge in [-0.3, -0.25) is 9.78 Å². The lowest BCUT2D eigenvalue weighted by atomic mass is 10.0. The van der Waals surface area contributed by atoms with Gasteiger partial charge in [-0.1, -0.05) is 91.0 Å². The molecule has 2 heterocycles. The highest BCUT2D eigenvalue weighted by Gasteiger charge is 2.13. The second-order valence-corrected chi connectivity index (χ2v) is 10.3. The van der Waals surface area contributed by atoms with Crippen molar-refractivity contribution in [1.29, 1.82) is 0 Å². The number of amides is 1. The Balaban J connectivity index is 1.24. The number of hydrogen-bond donors (Lipinski definition) is 1. The normalized spacial score (nSPS) is 11.9. The quantitative estimate of drug-likeness (QED) is 0.228. The number of fused-ring (bicyclic) bond motifs is 1. The van der Waals surface area contributed by atoms with E-state index < -0.39 is 0 Å². The van der Waals surface area contributed by atoms with Crippen LogP contribution in [0, 0.1) is 6.92 Å². The van der Waals surface area contributed by atoms with Crippen LogP contribution in [0.5, 0.6) is 0 Å². The molecular weight excluding hydrogens is 476 g/mol. The Hall–Kier alpha value is -3.90. The van der Waals surface area contributed by atoms with Gasteiger partial charge in [0.1, 0.15) is 0 Å². The Bertz CT molecular complexity index is 1500. The molecule has 186 valence electrons. The van der Waals surface area contributed by atoms with Gasteiger partial charge in [0.25, 0.3) is 5.91 Å². The van der Waals surface area contributed by atoms with Gasteiger partial charge >= 0.3 is 0 Å². The molecule has 0 aliphatic rings. The number of carbonyl (C=O) groups is 1. The average Bonchev–Trinajstić information content (AvgIpc) is 3.28. The topological polar surface area (TPSA) is 59.8 Å². The summed E-state index contributed by atoms with van der Waals surface area (Å²) in [6.45, 7) is 5.58. The third-order valence-electron chi connectivity index (χ3n) is 6.46. The maximum absolute atomic E-state index is 12.7. The lowest BCUT2D eigenvalue weighted by Gasteiger charge is -2.13. The van der Waals surface area contributed by atoms with Gasteiger partial charge in [-0.25, -0.2) is 4.98 Å². The maximum atomic E-state index is 12.7. The van der Waals surface area contributed by atoms with Gasteiger partial charge in [0.2, 0.25) is 0 Å². The van der Waals surface area contributed by atoms with E-state index in [0.29, 0.717) is 12.1 Å². The first-order valence-corrected chi connectivity index (χ1v) is 13.5. The Morgan fingerprint density at radius 3 is 2.57 bits per heavy atom. The van der Waals surface area contributed by atoms with Gasteiger partial charge in [-0.2, -0.15) is 0 Å². The number of rotatable bonds is 9. The molecular formula is C31H30N4OS. The number of thioether (sulfide) groups is 1. The fourth-order valence-corrected chi connectivity index (χ4v) is 5.32. The number of nitrogens with zero attached hydrogens (tertiary/aromatic N) is 3. The number of hydrogen-bond acceptors (Lipinski definition) is 4. The molecule has 0 fully saturated rings. The number of aromatic nitrogens is 3. The highest BCUT2D eigenvalue weighted by Crippen LogP contribution is 2.27. The predicted molar refractivity (Wildman–Crippen MR) is 151 cm³/mol. The Kier molecular flexibility index (Phi) is 7.66. The van der Waals surface area contributed by atoms with Gasteiger partial charge in [-0.15, -0.1) is 0 Å². The number of pyridine rings is 1. The van der Waals surface area contributed by atoms with Crippen LogP contribution in [0.15, 0.2) is 102 Å². The van der Waals surface area contributed by atoms with Gasteiger partial charge in [0.05, 0.1) is 23.8 Å². The molecule has 6 heteroatoms. The smallest absolute Gasteiger partial charge is 0.251 e. The fraction of sp³-hybridized carbons (Fsp3) is 0.194. The van der Waals surface area contributed by atoms with E-state index in [9.17, 15) is 4.79 Å². The average molecular weight is 507 g/mol. The van der Waals surface area contributed by atoms with E-state index in [1.54, 1.807) is 18.0 Å². The highest BCUT2D eigenvalue weighted by atomic mass is 32.2. The molecule has 1 N–H and O–H groups in total. The summed E-state index contributed by atoms with van der Waals surface area (Å²) in [6.07, 6.45) is 3.67. The first kappa shape index (κ1) is 24.8. The number of carbonyl (C=O) groups excluding carboxylic acids is 1. The van der Waals surface area contributed by atoms with E-state index >= 15 is 0 Å². The molecule has 37 heavy (non-hydrogen) atoms. The first-order chi connectivity index (χ1) is 18.1. The number of nitrogens with one attached hydrogen (secondary N) is 1. The van der Waals surface area contributed by atoms with Crippen LogP contribution in [0.1, 0.15) is 45.5 Å². The van der Waals surface area contributed by atoms with Gasteiger partial charge in [0, 0.05) is 24.1 Å². The molecule has 0 aliphatic carbocycles. The second-order valence-electron chi connectivity index (χ2n) is 9.34. The van der Waals surface area contributed by atoms with Crippen molar-refractivity contribution in [3.05, 3.63) is 125 Å². The van der Waals surface area contributed by atoms with E-state index in [1.165, 1.54) is 16.7 Å². The van der Waals surface area contributed by atoms with E-state index in [-0.39, 0.29) is 11.8 Å². The standard InChI is InChI=1S/C31H30N4OS/c1-22-7-6-8-25(17-22)20-35-29-19-32-16-15-28(29)34-31(35)37-21-24-11-13-27(14-12-24)30(36)33-18-23(2)26-9-4-3-5-10-26/h3-17,19,23H,18,20-21H2,1-2H3,(H,33,36). The fourth-order valence-electron chi connectivity index (χ4n) is 4.35. The van der Waals surface area contributed by atoms with Gasteiger partial charge in [0.15, 0.2) is 5.16 Å². The summed E-state index contributed by atoms with van der Waals surface area (Å²) in [6, 6.07) is 28.6. The zero-order valence-electron chi connectivity index (χ0n) is 21.1. The molecule has 0 saturated heterocycles. The molecule has 0 saturated carbocycles. The minimum atomic E-state index is -0.0468. The SMILES string of the molecule is Cc1cccc(Cn2c(SCc3ccc(C(=O)NCC(C)c4ccccc4)cc3)nc3ccncc32)c1. The van der Waals surface area contributed by atoms with E-state index in [2.05, 4.69) is 65.1 Å². The number of aryl methyl sites for hydroxylation is 1. The summed E-state index contributed by atoms with van der Waals surface area (Å²) < 4.78 is 2.23. The molecule has 5 aromatic rings. The molecule has 1 atom stereocenters. The Morgan fingerprint density at radius 1 is 0.973 bits per heavy atom. The highest BCUT2D eigenvalue weighted by molar-refractivity contribution is 7.98. The van der Waals surface area contributed by atoms with Crippen LogP contribution in [-0.2, 0) is 12.3 Å². The van der Waals surface area contributed by atoms with Gasteiger partial charge in [-0.05, 0) is 47.7 Å². The summed E-state index contributed by atoms with van der Waals surface area (Å²) in [7, 11) is 0. The molecule has 5 nitrogen and oxygen atoms in total. The largest absolute Gasteiger partial charge is 0.351 e. The van der Waals surface area contributed by atoms with E-state index in [4.69, 9.17) is 4.98 Å². The van der Waals surface area contributed by atoms with Gasteiger partial charge < -0.3 is 9.88 Å². The molecule has 2 aromatic heterocycles. The first-order valence-electron chi connectivity index (χ1n) is 12.5. The third kappa shape index (κ3) is 6.09. The molecule has 0 aliphatic heterocycles. The molecule has 5 rings (SSSR count). The number of imidazole rings is 1. The van der Waals surface area contributed by atoms with Crippen LogP contribution in [-0.4, -0.2) is 27.0 Å². The van der Waals surface area contributed by atoms with Crippen molar-refractivity contribution in [2.75, 3.05) is 6.54 Å². The van der Waals surface area contributed by atoms with E-state index in [0.717, 1.165) is 34.1 Å². The van der Waals surface area contributed by atoms with Crippen LogP contribution in [0.25, 0.3) is 11.0 Å². The lowest BCUT2D eigenvalue weighted by Crippen LogP contribution is -2.27. The zero-order valence-corrected chi connectivity index (χ0v) is 21.9. The Morgan fingerprint density at radius 2 is 1.78 bits per heavy atom. The molecule has 1 unspecified atom stereocenters. The zero-order chi connectivity index (χ0) is 25.6. The molecule has 3 aromatic carbocycles. The van der Waals surface area contributed by atoms with Crippen molar-refractivity contribution < 1.29 is 4.79 Å². The van der Waals surface area contributed by atoms with Crippen molar-refractivity contribution in [2.45, 2.75) is 37.2 Å². The third-order valence-corrected chi connectivity index (χ3v) is 7.51. The van der Waals surface area contributed by atoms with Crippen molar-refractivity contribution in [2.24, 2.45) is 0 Å². The molecule has 0 bridgehead atoms. The molecule has 0 spiro atoms. The molecule has 0 radical (unpaired) electrons. The van der Waals surface area contributed by atoms with Crippen molar-refractivity contribution in [1.82, 2.24) is 19.9 Å². The summed E-state index contributed by atoms with van der Waals surface area (Å²) >= 11 is 1.70. The lowest BCUT2D eigenvalue weighted by molar-refractivity contribution is 0.0951. The van der Waals surface area contributed by atoms with Crippen LogP contribution in [0.2, 0.25) is 0 Å². The monoisotopic (exact) mass is 506 g/mol. The van der Waals surface area contributed by atoms with Crippen molar-refractivity contribution in [3.8, 4) is 0 Å². The summed E-state index contributed by atoms with van der Waals surface area (Å²) in [4.78, 5) is 21.9. The summed E-state index contributed by atoms with van der Waals surface area (Å²) in [5.74, 6) is 0.974. The van der Waals surface area contributed by atoms with Crippen LogP contribution < -0.4 is 5.32 Å². The van der Waals surface area contributed by atoms with Crippen LogP contribution in [0.4, 0.5) is 0 Å².